The van der Waals surface area contributed by atoms with E-state index in [0.29, 0.717) is 16.8 Å². The van der Waals surface area contributed by atoms with Crippen molar-refractivity contribution in [3.05, 3.63) is 36.4 Å². The predicted molar refractivity (Wildman–Crippen MR) is 104 cm³/mol. The Morgan fingerprint density at radius 1 is 1.07 bits per heavy atom. The average Bonchev–Trinajstić information content (AvgIpc) is 2.53. The molecular formula is C19H24N4O4. The van der Waals surface area contributed by atoms with Crippen molar-refractivity contribution in [1.29, 1.82) is 0 Å². The molecule has 0 saturated carbocycles. The molecule has 0 bridgehead atoms. The van der Waals surface area contributed by atoms with E-state index in [9.17, 15) is 9.59 Å². The molecule has 1 amide bonds. The number of esters is 1. The van der Waals surface area contributed by atoms with Gasteiger partial charge < -0.3 is 26.3 Å². The molecule has 2 rings (SSSR count). The summed E-state index contributed by atoms with van der Waals surface area (Å²) in [4.78, 5) is 28.2. The van der Waals surface area contributed by atoms with Crippen LogP contribution < -0.4 is 21.5 Å². The molecule has 8 heteroatoms. The molecule has 144 valence electrons. The first-order valence-electron chi connectivity index (χ1n) is 8.39. The van der Waals surface area contributed by atoms with E-state index in [4.69, 9.17) is 20.9 Å². The molecule has 5 N–H and O–H groups in total. The Morgan fingerprint density at radius 2 is 1.70 bits per heavy atom. The summed E-state index contributed by atoms with van der Waals surface area (Å²) in [5.41, 5.74) is 10.8. The van der Waals surface area contributed by atoms with Gasteiger partial charge in [0.25, 0.3) is 0 Å². The van der Waals surface area contributed by atoms with Crippen LogP contribution in [0.3, 0.4) is 0 Å². The van der Waals surface area contributed by atoms with Crippen LogP contribution in [0.4, 0.5) is 10.5 Å². The summed E-state index contributed by atoms with van der Waals surface area (Å²) in [7, 11) is 0. The number of nitrogens with two attached hydrogens (primary N) is 2. The number of nitrogens with zero attached hydrogens (tertiary/aromatic N) is 1. The Kier molecular flexibility index (Phi) is 5.89. The molecule has 2 aromatic carbocycles. The molecule has 0 spiro atoms. The molecule has 0 radical (unpaired) electrons. The summed E-state index contributed by atoms with van der Waals surface area (Å²) >= 11 is 0. The number of carbonyl (C=O) groups is 2. The minimum Gasteiger partial charge on any atom is -0.444 e. The fourth-order valence-electron chi connectivity index (χ4n) is 2.33. The van der Waals surface area contributed by atoms with Crippen molar-refractivity contribution in [2.75, 3.05) is 0 Å². The van der Waals surface area contributed by atoms with Gasteiger partial charge in [-0.25, -0.2) is 14.6 Å². The standard InChI is InChI=1S/C19H24N4O4/c1-11(22-18(25)27-19(2,3)4)16(24)26-15-10-6-7-12-13(15)8-5-9-14(12)23-17(20)21/h5-11H,1-4H3,(H,22,25)(H4,20,21,23)/t11-/m0/s1. The Balaban J connectivity index is 2.19. The molecule has 1 atom stereocenters. The van der Waals surface area contributed by atoms with E-state index in [1.807, 2.05) is 6.07 Å². The fourth-order valence-corrected chi connectivity index (χ4v) is 2.33. The number of ether oxygens (including phenoxy) is 2. The molecule has 8 nitrogen and oxygen atoms in total. The first-order chi connectivity index (χ1) is 12.6. The van der Waals surface area contributed by atoms with Crippen LogP contribution in [0, 0.1) is 0 Å². The molecule has 0 aliphatic carbocycles. The zero-order valence-corrected chi connectivity index (χ0v) is 15.8. The van der Waals surface area contributed by atoms with E-state index in [1.54, 1.807) is 51.1 Å². The van der Waals surface area contributed by atoms with Crippen molar-refractivity contribution in [2.24, 2.45) is 16.5 Å². The number of hydrogen-bond donors (Lipinski definition) is 3. The van der Waals surface area contributed by atoms with Gasteiger partial charge in [0, 0.05) is 10.8 Å². The van der Waals surface area contributed by atoms with E-state index in [2.05, 4.69) is 10.3 Å². The first kappa shape index (κ1) is 20.0. The van der Waals surface area contributed by atoms with Crippen LogP contribution in [0.1, 0.15) is 27.7 Å². The fraction of sp³-hybridized carbons (Fsp3) is 0.316. The third kappa shape index (κ3) is 5.60. The highest BCUT2D eigenvalue weighted by Gasteiger charge is 2.22. The maximum absolute atomic E-state index is 12.4. The maximum atomic E-state index is 12.4. The van der Waals surface area contributed by atoms with E-state index >= 15 is 0 Å². The highest BCUT2D eigenvalue weighted by Crippen LogP contribution is 2.32. The Bertz CT molecular complexity index is 883. The third-order valence-electron chi connectivity index (χ3n) is 3.41. The van der Waals surface area contributed by atoms with Gasteiger partial charge in [0.2, 0.25) is 0 Å². The normalized spacial score (nSPS) is 12.1. The number of amides is 1. The highest BCUT2D eigenvalue weighted by molar-refractivity contribution is 5.99. The van der Waals surface area contributed by atoms with Crippen LogP contribution in [0.15, 0.2) is 41.4 Å². The SMILES string of the molecule is C[C@H](NC(=O)OC(C)(C)C)C(=O)Oc1cccc2c(N=C(N)N)cccc12. The number of nitrogens with one attached hydrogen (secondary N) is 1. The molecule has 0 aliphatic heterocycles. The first-order valence-corrected chi connectivity index (χ1v) is 8.39. The van der Waals surface area contributed by atoms with Gasteiger partial charge in [0.05, 0.1) is 5.69 Å². The highest BCUT2D eigenvalue weighted by atomic mass is 16.6. The summed E-state index contributed by atoms with van der Waals surface area (Å²) < 4.78 is 10.6. The second-order valence-electron chi connectivity index (χ2n) is 6.95. The zero-order chi connectivity index (χ0) is 20.2. The van der Waals surface area contributed by atoms with Gasteiger partial charge in [-0.2, -0.15) is 0 Å². The Labute approximate surface area is 157 Å². The number of rotatable bonds is 4. The van der Waals surface area contributed by atoms with Crippen molar-refractivity contribution >= 4 is 34.5 Å². The molecule has 0 aliphatic rings. The minimum atomic E-state index is -0.893. The number of carbonyl (C=O) groups excluding carboxylic acids is 2. The summed E-state index contributed by atoms with van der Waals surface area (Å²) in [6.45, 7) is 6.72. The second-order valence-corrected chi connectivity index (χ2v) is 6.95. The quantitative estimate of drug-likeness (QED) is 0.327. The lowest BCUT2D eigenvalue weighted by molar-refractivity contribution is -0.136. The number of hydrogen-bond acceptors (Lipinski definition) is 5. The summed E-state index contributed by atoms with van der Waals surface area (Å²) in [6, 6.07) is 9.59. The van der Waals surface area contributed by atoms with Gasteiger partial charge in [0.1, 0.15) is 17.4 Å². The van der Waals surface area contributed by atoms with E-state index in [1.165, 1.54) is 6.92 Å². The van der Waals surface area contributed by atoms with Gasteiger partial charge in [0.15, 0.2) is 5.96 Å². The van der Waals surface area contributed by atoms with Gasteiger partial charge in [-0.15, -0.1) is 0 Å². The maximum Gasteiger partial charge on any atom is 0.408 e. The summed E-state index contributed by atoms with van der Waals surface area (Å²) in [5, 5.41) is 3.84. The van der Waals surface area contributed by atoms with Crippen LogP contribution in [0.5, 0.6) is 5.75 Å². The summed E-state index contributed by atoms with van der Waals surface area (Å²) in [5.74, 6) is -0.358. The number of fused-ring (bicyclic) bond motifs is 1. The van der Waals surface area contributed by atoms with Crippen LogP contribution in [-0.4, -0.2) is 29.7 Å². The van der Waals surface area contributed by atoms with Crippen molar-refractivity contribution in [3.8, 4) is 5.75 Å². The minimum absolute atomic E-state index is 0.0694. The molecule has 0 aromatic heterocycles. The second kappa shape index (κ2) is 7.94. The van der Waals surface area contributed by atoms with Crippen LogP contribution in [0.2, 0.25) is 0 Å². The summed E-state index contributed by atoms with van der Waals surface area (Å²) in [6.07, 6.45) is -0.695. The molecule has 0 saturated heterocycles. The lowest BCUT2D eigenvalue weighted by atomic mass is 10.1. The molecule has 0 unspecified atom stereocenters. The Hall–Kier alpha value is -3.29. The van der Waals surface area contributed by atoms with E-state index in [-0.39, 0.29) is 5.96 Å². The van der Waals surface area contributed by atoms with Crippen molar-refractivity contribution in [2.45, 2.75) is 39.3 Å². The molecular weight excluding hydrogens is 348 g/mol. The van der Waals surface area contributed by atoms with Crippen molar-refractivity contribution in [1.82, 2.24) is 5.32 Å². The largest absolute Gasteiger partial charge is 0.444 e. The predicted octanol–water partition coefficient (Wildman–Crippen LogP) is 2.56. The molecule has 0 heterocycles. The Morgan fingerprint density at radius 3 is 2.33 bits per heavy atom. The van der Waals surface area contributed by atoms with Gasteiger partial charge in [-0.1, -0.05) is 24.3 Å². The third-order valence-corrected chi connectivity index (χ3v) is 3.41. The topological polar surface area (TPSA) is 129 Å². The smallest absolute Gasteiger partial charge is 0.408 e. The lowest BCUT2D eigenvalue weighted by Gasteiger charge is -2.21. The van der Waals surface area contributed by atoms with E-state index in [0.717, 1.165) is 5.39 Å². The number of alkyl carbamates (subject to hydrolysis) is 1. The number of aliphatic imine (C=N–C) groups is 1. The van der Waals surface area contributed by atoms with Crippen LogP contribution in [0.25, 0.3) is 10.8 Å². The molecule has 2 aromatic rings. The zero-order valence-electron chi connectivity index (χ0n) is 15.8. The molecule has 27 heavy (non-hydrogen) atoms. The number of guanidine groups is 1. The number of benzene rings is 2. The molecule has 0 fully saturated rings. The van der Waals surface area contributed by atoms with E-state index < -0.39 is 23.7 Å². The van der Waals surface area contributed by atoms with Gasteiger partial charge in [-0.3, -0.25) is 0 Å². The van der Waals surface area contributed by atoms with Crippen LogP contribution in [-0.2, 0) is 9.53 Å². The van der Waals surface area contributed by atoms with Gasteiger partial charge in [-0.05, 0) is 39.8 Å². The monoisotopic (exact) mass is 372 g/mol. The van der Waals surface area contributed by atoms with Crippen LogP contribution >= 0.6 is 0 Å². The van der Waals surface area contributed by atoms with Crippen molar-refractivity contribution in [3.63, 3.8) is 0 Å². The van der Waals surface area contributed by atoms with Gasteiger partial charge >= 0.3 is 12.1 Å². The van der Waals surface area contributed by atoms with Crippen molar-refractivity contribution < 1.29 is 19.1 Å². The lowest BCUT2D eigenvalue weighted by Crippen LogP contribution is -2.43. The average molecular weight is 372 g/mol.